The van der Waals surface area contributed by atoms with Crippen LogP contribution in [0.15, 0.2) is 66.7 Å². The third kappa shape index (κ3) is 3.32. The number of hydrogen-bond acceptors (Lipinski definition) is 7. The molecule has 2 aliphatic rings. The lowest BCUT2D eigenvalue weighted by Crippen LogP contribution is -2.52. The largest absolute Gasteiger partial charge is 0.497 e. The SMILES string of the molecule is COc1ccc([C@@]23Oc4cc(OC)cc(OC)c4[C@@]2(O)[C@H](O)[C@H](C(=O)N(C)C)[C@H]3c2ccccc2)cc1. The minimum atomic E-state index is -2.05. The van der Waals surface area contributed by atoms with E-state index in [1.54, 1.807) is 57.6 Å². The lowest BCUT2D eigenvalue weighted by atomic mass is 9.70. The van der Waals surface area contributed by atoms with E-state index in [0.29, 0.717) is 22.8 Å². The summed E-state index contributed by atoms with van der Waals surface area (Å²) in [5.74, 6) is -0.426. The number of carbonyl (C=O) groups is 1. The van der Waals surface area contributed by atoms with Gasteiger partial charge in [0, 0.05) is 32.1 Å². The number of fused-ring (bicyclic) bond motifs is 3. The van der Waals surface area contributed by atoms with Crippen molar-refractivity contribution in [2.75, 3.05) is 35.4 Å². The number of aliphatic hydroxyl groups excluding tert-OH is 1. The first-order valence-electron chi connectivity index (χ1n) is 12.0. The van der Waals surface area contributed by atoms with Gasteiger partial charge in [0.15, 0.2) is 11.2 Å². The number of benzene rings is 3. The molecule has 8 heteroatoms. The van der Waals surface area contributed by atoms with Crippen LogP contribution in [-0.4, -0.2) is 62.5 Å². The highest BCUT2D eigenvalue weighted by atomic mass is 16.5. The average molecular weight is 506 g/mol. The zero-order chi connectivity index (χ0) is 26.5. The summed E-state index contributed by atoms with van der Waals surface area (Å²) in [6.07, 6.45) is -1.53. The molecule has 0 aromatic heterocycles. The van der Waals surface area contributed by atoms with Gasteiger partial charge in [-0.2, -0.15) is 0 Å². The molecule has 1 saturated carbocycles. The van der Waals surface area contributed by atoms with Crippen LogP contribution < -0.4 is 18.9 Å². The molecule has 1 aliphatic heterocycles. The van der Waals surface area contributed by atoms with Gasteiger partial charge in [0.25, 0.3) is 0 Å². The van der Waals surface area contributed by atoms with Crippen LogP contribution in [0, 0.1) is 5.92 Å². The molecule has 3 aromatic rings. The minimum absolute atomic E-state index is 0.272. The zero-order valence-electron chi connectivity index (χ0n) is 21.5. The monoisotopic (exact) mass is 505 g/mol. The fraction of sp³-hybridized carbons (Fsp3) is 0.345. The summed E-state index contributed by atoms with van der Waals surface area (Å²) in [7, 11) is 7.84. The number of carbonyl (C=O) groups excluding carboxylic acids is 1. The topological polar surface area (TPSA) is 97.7 Å². The molecule has 1 fully saturated rings. The second-order valence-corrected chi connectivity index (χ2v) is 9.63. The van der Waals surface area contributed by atoms with Gasteiger partial charge in [0.1, 0.15) is 29.1 Å². The van der Waals surface area contributed by atoms with Crippen molar-refractivity contribution in [2.24, 2.45) is 5.92 Å². The van der Waals surface area contributed by atoms with Gasteiger partial charge in [-0.1, -0.05) is 42.5 Å². The van der Waals surface area contributed by atoms with E-state index in [1.807, 2.05) is 30.3 Å². The molecule has 1 heterocycles. The average Bonchev–Trinajstić information content (AvgIpc) is 3.30. The van der Waals surface area contributed by atoms with Crippen LogP contribution in [0.2, 0.25) is 0 Å². The van der Waals surface area contributed by atoms with E-state index in [9.17, 15) is 15.0 Å². The van der Waals surface area contributed by atoms with Crippen LogP contribution in [0.25, 0.3) is 0 Å². The van der Waals surface area contributed by atoms with Crippen molar-refractivity contribution >= 4 is 5.91 Å². The summed E-state index contributed by atoms with van der Waals surface area (Å²) in [4.78, 5) is 15.1. The first kappa shape index (κ1) is 24.9. The molecule has 0 saturated heterocycles. The summed E-state index contributed by atoms with van der Waals surface area (Å²) in [6.45, 7) is 0. The Balaban J connectivity index is 1.88. The molecule has 8 nitrogen and oxygen atoms in total. The molecule has 1 aliphatic carbocycles. The third-order valence-corrected chi connectivity index (χ3v) is 7.68. The molecule has 0 bridgehead atoms. The Bertz CT molecular complexity index is 1310. The maximum atomic E-state index is 13.7. The molecule has 1 amide bonds. The van der Waals surface area contributed by atoms with Crippen molar-refractivity contribution in [2.45, 2.75) is 23.2 Å². The van der Waals surface area contributed by atoms with Gasteiger partial charge in [-0.05, 0) is 23.3 Å². The van der Waals surface area contributed by atoms with Crippen LogP contribution in [0.5, 0.6) is 23.0 Å². The molecular weight excluding hydrogens is 474 g/mol. The molecule has 37 heavy (non-hydrogen) atoms. The second kappa shape index (κ2) is 8.97. The normalized spacial score (nSPS) is 27.6. The highest BCUT2D eigenvalue weighted by Gasteiger charge is 2.78. The summed E-state index contributed by atoms with van der Waals surface area (Å²) in [5, 5.41) is 24.8. The first-order chi connectivity index (χ1) is 17.7. The number of nitrogens with zero attached hydrogens (tertiary/aromatic N) is 1. The Morgan fingerprint density at radius 2 is 1.57 bits per heavy atom. The maximum Gasteiger partial charge on any atom is 0.228 e. The number of methoxy groups -OCH3 is 3. The summed E-state index contributed by atoms with van der Waals surface area (Å²) < 4.78 is 23.3. The Morgan fingerprint density at radius 3 is 2.14 bits per heavy atom. The second-order valence-electron chi connectivity index (χ2n) is 9.63. The first-order valence-corrected chi connectivity index (χ1v) is 12.0. The van der Waals surface area contributed by atoms with E-state index in [1.165, 1.54) is 19.1 Å². The summed E-state index contributed by atoms with van der Waals surface area (Å²) in [5.41, 5.74) is -2.04. The molecule has 5 atom stereocenters. The summed E-state index contributed by atoms with van der Waals surface area (Å²) >= 11 is 0. The van der Waals surface area contributed by atoms with Crippen LogP contribution in [0.1, 0.15) is 22.6 Å². The minimum Gasteiger partial charge on any atom is -0.497 e. The van der Waals surface area contributed by atoms with Gasteiger partial charge in [-0.15, -0.1) is 0 Å². The van der Waals surface area contributed by atoms with Crippen molar-refractivity contribution in [1.29, 1.82) is 0 Å². The number of ether oxygens (including phenoxy) is 4. The van der Waals surface area contributed by atoms with Crippen LogP contribution in [-0.2, 0) is 16.0 Å². The maximum absolute atomic E-state index is 13.7. The predicted octanol–water partition coefficient (Wildman–Crippen LogP) is 3.05. The smallest absolute Gasteiger partial charge is 0.228 e. The Morgan fingerprint density at radius 1 is 0.919 bits per heavy atom. The van der Waals surface area contributed by atoms with Gasteiger partial charge in [0.2, 0.25) is 5.91 Å². The van der Waals surface area contributed by atoms with Crippen molar-refractivity contribution in [1.82, 2.24) is 4.90 Å². The molecule has 2 N–H and O–H groups in total. The lowest BCUT2D eigenvalue weighted by molar-refractivity contribution is -0.156. The Kier molecular flexibility index (Phi) is 6.04. The number of amides is 1. The van der Waals surface area contributed by atoms with Crippen LogP contribution >= 0.6 is 0 Å². The number of aliphatic hydroxyl groups is 2. The van der Waals surface area contributed by atoms with Gasteiger partial charge >= 0.3 is 0 Å². The molecule has 0 unspecified atom stereocenters. The van der Waals surface area contributed by atoms with E-state index in [2.05, 4.69) is 0 Å². The van der Waals surface area contributed by atoms with Crippen molar-refractivity contribution in [3.8, 4) is 23.0 Å². The standard InChI is InChI=1S/C29H31NO7/c1-30(2)27(32)23-24(17-9-7-6-8-10-17)29(18-11-13-19(34-3)14-12-18)28(33,26(23)31)25-21(36-5)15-20(35-4)16-22(25)37-29/h6-16,23-24,26,31,33H,1-5H3/t23-,24-,26-,28-,29+/m1/s1. The molecule has 194 valence electrons. The van der Waals surface area contributed by atoms with E-state index in [4.69, 9.17) is 18.9 Å². The van der Waals surface area contributed by atoms with Gasteiger partial charge < -0.3 is 34.1 Å². The molecular formula is C29H31NO7. The Labute approximate surface area is 216 Å². The molecule has 5 rings (SSSR count). The van der Waals surface area contributed by atoms with Gasteiger partial charge in [-0.25, -0.2) is 0 Å². The van der Waals surface area contributed by atoms with E-state index in [-0.39, 0.29) is 17.2 Å². The number of hydrogen-bond donors (Lipinski definition) is 2. The van der Waals surface area contributed by atoms with E-state index in [0.717, 1.165) is 5.56 Å². The molecule has 0 radical (unpaired) electrons. The highest BCUT2D eigenvalue weighted by molar-refractivity contribution is 5.83. The molecule has 0 spiro atoms. The third-order valence-electron chi connectivity index (χ3n) is 7.68. The summed E-state index contributed by atoms with van der Waals surface area (Å²) in [6, 6.07) is 19.8. The quantitative estimate of drug-likeness (QED) is 0.532. The zero-order valence-corrected chi connectivity index (χ0v) is 21.5. The van der Waals surface area contributed by atoms with Crippen LogP contribution in [0.3, 0.4) is 0 Å². The van der Waals surface area contributed by atoms with Crippen molar-refractivity contribution < 1.29 is 34.0 Å². The lowest BCUT2D eigenvalue weighted by Gasteiger charge is -2.41. The van der Waals surface area contributed by atoms with Crippen molar-refractivity contribution in [3.63, 3.8) is 0 Å². The van der Waals surface area contributed by atoms with Gasteiger partial charge in [-0.3, -0.25) is 4.79 Å². The Hall–Kier alpha value is -3.75. The van der Waals surface area contributed by atoms with Crippen molar-refractivity contribution in [3.05, 3.63) is 83.4 Å². The van der Waals surface area contributed by atoms with Gasteiger partial charge in [0.05, 0.1) is 32.8 Å². The molecule has 3 aromatic carbocycles. The fourth-order valence-corrected chi connectivity index (χ4v) is 6.08. The van der Waals surface area contributed by atoms with E-state index >= 15 is 0 Å². The van der Waals surface area contributed by atoms with E-state index < -0.39 is 29.1 Å². The number of rotatable bonds is 6. The highest BCUT2D eigenvalue weighted by Crippen LogP contribution is 2.70. The van der Waals surface area contributed by atoms with Crippen LogP contribution in [0.4, 0.5) is 0 Å². The predicted molar refractivity (Wildman–Crippen MR) is 136 cm³/mol. The fourth-order valence-electron chi connectivity index (χ4n) is 6.08.